The summed E-state index contributed by atoms with van der Waals surface area (Å²) in [4.78, 5) is 4.75. The molecule has 1 aliphatic heterocycles. The Bertz CT molecular complexity index is 911. The smallest absolute Gasteiger partial charge is 0.164 e. The Kier molecular flexibility index (Phi) is 6.43. The van der Waals surface area contributed by atoms with E-state index in [0.29, 0.717) is 24.3 Å². The van der Waals surface area contributed by atoms with Gasteiger partial charge < -0.3 is 29.0 Å². The van der Waals surface area contributed by atoms with Gasteiger partial charge in [-0.05, 0) is 18.6 Å². The minimum Gasteiger partial charge on any atom is -0.496 e. The van der Waals surface area contributed by atoms with Gasteiger partial charge in [0, 0.05) is 55.8 Å². The molecule has 2 atom stereocenters. The third-order valence-corrected chi connectivity index (χ3v) is 6.55. The number of aliphatic hydroxyl groups is 1. The van der Waals surface area contributed by atoms with E-state index < -0.39 is 6.10 Å². The van der Waals surface area contributed by atoms with Crippen molar-refractivity contribution in [3.63, 3.8) is 0 Å². The Morgan fingerprint density at radius 3 is 2.10 bits per heavy atom. The van der Waals surface area contributed by atoms with Gasteiger partial charge in [0.05, 0.1) is 40.2 Å². The average molecular weight is 429 g/mol. The molecule has 0 spiro atoms. The van der Waals surface area contributed by atoms with Crippen molar-refractivity contribution < 1.29 is 24.1 Å². The molecular weight excluding hydrogens is 396 g/mol. The van der Waals surface area contributed by atoms with Crippen LogP contribution >= 0.6 is 0 Å². The fraction of sp³-hybridized carbons (Fsp3) is 0.500. The van der Waals surface area contributed by atoms with Crippen molar-refractivity contribution in [2.45, 2.75) is 25.0 Å². The Hall–Kier alpha value is -2.64. The molecule has 2 aliphatic rings. The first kappa shape index (κ1) is 21.6. The molecule has 0 unspecified atom stereocenters. The molecule has 0 aromatic heterocycles. The highest BCUT2D eigenvalue weighted by Crippen LogP contribution is 2.44. The number of rotatable bonds is 6. The molecule has 4 rings (SSSR count). The van der Waals surface area contributed by atoms with E-state index in [1.54, 1.807) is 28.4 Å². The third kappa shape index (κ3) is 4.00. The molecular formula is C24H32N2O5. The Balaban J connectivity index is 1.53. The van der Waals surface area contributed by atoms with Crippen molar-refractivity contribution in [1.29, 1.82) is 0 Å². The summed E-state index contributed by atoms with van der Waals surface area (Å²) < 4.78 is 22.3. The van der Waals surface area contributed by atoms with Crippen molar-refractivity contribution in [1.82, 2.24) is 4.90 Å². The predicted octanol–water partition coefficient (Wildman–Crippen LogP) is 2.37. The highest BCUT2D eigenvalue weighted by Gasteiger charge is 2.37. The summed E-state index contributed by atoms with van der Waals surface area (Å²) in [6, 6.07) is 10.1. The lowest BCUT2D eigenvalue weighted by atomic mass is 9.83. The highest BCUT2D eigenvalue weighted by molar-refractivity contribution is 5.60. The molecule has 0 saturated carbocycles. The number of hydrogen-bond acceptors (Lipinski definition) is 7. The van der Waals surface area contributed by atoms with Crippen LogP contribution in [0.15, 0.2) is 30.3 Å². The second-order valence-electron chi connectivity index (χ2n) is 8.01. The van der Waals surface area contributed by atoms with E-state index in [2.05, 4.69) is 15.9 Å². The molecule has 1 saturated heterocycles. The van der Waals surface area contributed by atoms with Gasteiger partial charge in [0.1, 0.15) is 11.5 Å². The zero-order valence-corrected chi connectivity index (χ0v) is 18.8. The minimum absolute atomic E-state index is 0.0410. The Morgan fingerprint density at radius 1 is 0.774 bits per heavy atom. The minimum atomic E-state index is -0.476. The molecule has 7 nitrogen and oxygen atoms in total. The number of ether oxygens (including phenoxy) is 4. The van der Waals surface area contributed by atoms with Crippen LogP contribution in [0.1, 0.15) is 11.1 Å². The van der Waals surface area contributed by atoms with Gasteiger partial charge in [-0.1, -0.05) is 12.1 Å². The molecule has 0 bridgehead atoms. The van der Waals surface area contributed by atoms with Gasteiger partial charge in [-0.2, -0.15) is 0 Å². The van der Waals surface area contributed by atoms with Crippen LogP contribution in [0.25, 0.3) is 0 Å². The van der Waals surface area contributed by atoms with Gasteiger partial charge in [0.2, 0.25) is 0 Å². The number of nitrogens with zero attached hydrogens (tertiary/aromatic N) is 2. The molecule has 168 valence electrons. The number of para-hydroxylation sites is 2. The lowest BCUT2D eigenvalue weighted by molar-refractivity contribution is 0.0383. The van der Waals surface area contributed by atoms with E-state index in [4.69, 9.17) is 18.9 Å². The SMILES string of the molecule is COc1ccccc1N1CCN([C@@H]2Cc3c(OC)cc(OC)c(OC)c3C[C@H]2O)CC1. The standard InChI is InChI=1S/C24H32N2O5/c1-28-21-8-6-5-7-18(21)25-9-11-26(12-10-25)19-13-16-17(14-20(19)27)24(31-4)23(30-3)15-22(16)29-2/h5-8,15,19-20,27H,9-14H2,1-4H3/t19-,20-/m1/s1. The summed E-state index contributed by atoms with van der Waals surface area (Å²) in [6.07, 6.45) is 0.758. The topological polar surface area (TPSA) is 63.6 Å². The van der Waals surface area contributed by atoms with Gasteiger partial charge in [-0.15, -0.1) is 0 Å². The first-order valence-electron chi connectivity index (χ1n) is 10.7. The fourth-order valence-corrected chi connectivity index (χ4v) is 4.95. The van der Waals surface area contributed by atoms with E-state index in [9.17, 15) is 5.11 Å². The summed E-state index contributed by atoms with van der Waals surface area (Å²) in [6.45, 7) is 3.54. The van der Waals surface area contributed by atoms with E-state index in [0.717, 1.165) is 54.5 Å². The summed E-state index contributed by atoms with van der Waals surface area (Å²) in [5, 5.41) is 11.1. The summed E-state index contributed by atoms with van der Waals surface area (Å²) in [7, 11) is 6.64. The molecule has 1 heterocycles. The predicted molar refractivity (Wildman–Crippen MR) is 120 cm³/mol. The summed E-state index contributed by atoms with van der Waals surface area (Å²) >= 11 is 0. The molecule has 1 aliphatic carbocycles. The van der Waals surface area contributed by atoms with Crippen LogP contribution in [-0.2, 0) is 12.8 Å². The fourth-order valence-electron chi connectivity index (χ4n) is 4.95. The molecule has 0 radical (unpaired) electrons. The Labute approximate surface area is 184 Å². The largest absolute Gasteiger partial charge is 0.496 e. The number of fused-ring (bicyclic) bond motifs is 1. The second-order valence-corrected chi connectivity index (χ2v) is 8.01. The average Bonchev–Trinajstić information content (AvgIpc) is 2.82. The number of benzene rings is 2. The van der Waals surface area contributed by atoms with Gasteiger partial charge >= 0.3 is 0 Å². The van der Waals surface area contributed by atoms with Crippen molar-refractivity contribution in [3.05, 3.63) is 41.5 Å². The first-order valence-corrected chi connectivity index (χ1v) is 10.7. The lowest BCUT2D eigenvalue weighted by Crippen LogP contribution is -2.56. The summed E-state index contributed by atoms with van der Waals surface area (Å²) in [5.41, 5.74) is 3.20. The quantitative estimate of drug-likeness (QED) is 0.758. The van der Waals surface area contributed by atoms with Crippen LogP contribution in [0.4, 0.5) is 5.69 Å². The van der Waals surface area contributed by atoms with Crippen molar-refractivity contribution >= 4 is 5.69 Å². The number of aliphatic hydroxyl groups excluding tert-OH is 1. The molecule has 2 aromatic carbocycles. The van der Waals surface area contributed by atoms with Crippen molar-refractivity contribution in [3.8, 4) is 23.0 Å². The van der Waals surface area contributed by atoms with Crippen molar-refractivity contribution in [2.75, 3.05) is 59.5 Å². The maximum atomic E-state index is 11.1. The van der Waals surface area contributed by atoms with Crippen LogP contribution in [0.3, 0.4) is 0 Å². The van der Waals surface area contributed by atoms with Gasteiger partial charge in [-0.3, -0.25) is 4.90 Å². The van der Waals surface area contributed by atoms with Gasteiger partial charge in [-0.25, -0.2) is 0 Å². The van der Waals surface area contributed by atoms with Gasteiger partial charge in [0.25, 0.3) is 0 Å². The van der Waals surface area contributed by atoms with E-state index in [1.807, 2.05) is 24.3 Å². The molecule has 31 heavy (non-hydrogen) atoms. The van der Waals surface area contributed by atoms with Crippen LogP contribution in [0, 0.1) is 0 Å². The van der Waals surface area contributed by atoms with Crippen LogP contribution in [-0.4, -0.2) is 76.8 Å². The van der Waals surface area contributed by atoms with E-state index in [-0.39, 0.29) is 6.04 Å². The molecule has 2 aromatic rings. The number of hydrogen-bond donors (Lipinski definition) is 1. The first-order chi connectivity index (χ1) is 15.1. The molecule has 0 amide bonds. The summed E-state index contributed by atoms with van der Waals surface area (Å²) in [5.74, 6) is 3.01. The van der Waals surface area contributed by atoms with Crippen molar-refractivity contribution in [2.24, 2.45) is 0 Å². The third-order valence-electron chi connectivity index (χ3n) is 6.55. The van der Waals surface area contributed by atoms with Crippen LogP contribution in [0.5, 0.6) is 23.0 Å². The highest BCUT2D eigenvalue weighted by atomic mass is 16.5. The molecule has 7 heteroatoms. The monoisotopic (exact) mass is 428 g/mol. The maximum Gasteiger partial charge on any atom is 0.164 e. The molecule has 1 fully saturated rings. The molecule has 1 N–H and O–H groups in total. The van der Waals surface area contributed by atoms with E-state index in [1.165, 1.54) is 0 Å². The zero-order valence-electron chi connectivity index (χ0n) is 18.8. The van der Waals surface area contributed by atoms with Crippen LogP contribution < -0.4 is 23.8 Å². The normalized spacial score (nSPS) is 21.4. The Morgan fingerprint density at radius 2 is 1.45 bits per heavy atom. The second kappa shape index (κ2) is 9.24. The van der Waals surface area contributed by atoms with Crippen LogP contribution in [0.2, 0.25) is 0 Å². The maximum absolute atomic E-state index is 11.1. The lowest BCUT2D eigenvalue weighted by Gasteiger charge is -2.44. The zero-order chi connectivity index (χ0) is 22.0. The number of piperazine rings is 1. The number of anilines is 1. The van der Waals surface area contributed by atoms with Gasteiger partial charge in [0.15, 0.2) is 11.5 Å². The van der Waals surface area contributed by atoms with E-state index >= 15 is 0 Å². The number of methoxy groups -OCH3 is 4.